The van der Waals surface area contributed by atoms with Gasteiger partial charge < -0.3 is 16.0 Å². The van der Waals surface area contributed by atoms with Gasteiger partial charge in [-0.25, -0.2) is 0 Å². The van der Waals surface area contributed by atoms with Crippen molar-refractivity contribution < 1.29 is 4.79 Å². The van der Waals surface area contributed by atoms with Crippen LogP contribution in [0.1, 0.15) is 33.3 Å². The third-order valence-electron chi connectivity index (χ3n) is 3.15. The maximum Gasteiger partial charge on any atom is 0.236 e. The second kappa shape index (κ2) is 8.25. The number of hydrogen-bond acceptors (Lipinski definition) is 3. The Bertz CT molecular complexity index is 475. The first-order valence-corrected chi connectivity index (χ1v) is 7.73. The lowest BCUT2D eigenvalue weighted by Gasteiger charge is -2.28. The van der Waals surface area contributed by atoms with Gasteiger partial charge in [-0.1, -0.05) is 31.5 Å². The fourth-order valence-corrected chi connectivity index (χ4v) is 2.42. The molecular weight excluding hydrogens is 286 g/mol. The number of halogens is 1. The van der Waals surface area contributed by atoms with E-state index in [1.807, 2.05) is 36.9 Å². The molecule has 0 atom stereocenters. The summed E-state index contributed by atoms with van der Waals surface area (Å²) in [7, 11) is 0. The van der Waals surface area contributed by atoms with Gasteiger partial charge in [-0.2, -0.15) is 0 Å². The zero-order valence-corrected chi connectivity index (χ0v) is 14.1. The molecule has 0 fully saturated rings. The van der Waals surface area contributed by atoms with E-state index >= 15 is 0 Å². The van der Waals surface area contributed by atoms with Gasteiger partial charge in [-0.15, -0.1) is 0 Å². The molecule has 1 aromatic rings. The van der Waals surface area contributed by atoms with E-state index in [1.165, 1.54) is 0 Å². The minimum absolute atomic E-state index is 0.153. The summed E-state index contributed by atoms with van der Waals surface area (Å²) in [6, 6.07) is 6.09. The summed E-state index contributed by atoms with van der Waals surface area (Å²) in [5, 5.41) is 4.03. The van der Waals surface area contributed by atoms with Crippen LogP contribution >= 0.6 is 11.6 Å². The van der Waals surface area contributed by atoms with Crippen LogP contribution in [0, 0.1) is 5.92 Å². The molecule has 5 heteroatoms. The Morgan fingerprint density at radius 2 is 2.00 bits per heavy atom. The van der Waals surface area contributed by atoms with Crippen LogP contribution in [-0.4, -0.2) is 25.0 Å². The van der Waals surface area contributed by atoms with Crippen molar-refractivity contribution in [2.24, 2.45) is 11.7 Å². The number of benzene rings is 1. The van der Waals surface area contributed by atoms with Crippen molar-refractivity contribution in [1.29, 1.82) is 0 Å². The fourth-order valence-electron chi connectivity index (χ4n) is 2.11. The van der Waals surface area contributed by atoms with Crippen molar-refractivity contribution in [2.75, 3.05) is 18.0 Å². The normalized spacial score (nSPS) is 11.2. The van der Waals surface area contributed by atoms with E-state index in [2.05, 4.69) is 19.2 Å². The Labute approximate surface area is 132 Å². The number of carbonyl (C=O) groups is 1. The summed E-state index contributed by atoms with van der Waals surface area (Å²) in [6.07, 6.45) is 0. The van der Waals surface area contributed by atoms with Gasteiger partial charge in [0, 0.05) is 12.6 Å². The second-order valence-electron chi connectivity index (χ2n) is 6.00. The fraction of sp³-hybridized carbons (Fsp3) is 0.562. The quantitative estimate of drug-likeness (QED) is 0.776. The van der Waals surface area contributed by atoms with Crippen LogP contribution < -0.4 is 16.0 Å². The first kappa shape index (κ1) is 17.8. The molecule has 3 N–H and O–H groups in total. The molecule has 0 heterocycles. The first-order chi connectivity index (χ1) is 9.81. The predicted molar refractivity (Wildman–Crippen MR) is 89.7 cm³/mol. The average Bonchev–Trinajstić information content (AvgIpc) is 2.35. The van der Waals surface area contributed by atoms with Crippen LogP contribution in [0.3, 0.4) is 0 Å². The van der Waals surface area contributed by atoms with Crippen molar-refractivity contribution in [3.05, 3.63) is 28.8 Å². The summed E-state index contributed by atoms with van der Waals surface area (Å²) in [5.74, 6) is 0.259. The number of primary amides is 1. The van der Waals surface area contributed by atoms with Crippen LogP contribution in [0.15, 0.2) is 18.2 Å². The molecule has 4 nitrogen and oxygen atoms in total. The predicted octanol–water partition coefficient (Wildman–Crippen LogP) is 2.79. The van der Waals surface area contributed by atoms with E-state index in [-0.39, 0.29) is 18.5 Å². The molecule has 0 unspecified atom stereocenters. The van der Waals surface area contributed by atoms with Gasteiger partial charge in [0.1, 0.15) is 0 Å². The second-order valence-corrected chi connectivity index (χ2v) is 6.41. The highest BCUT2D eigenvalue weighted by molar-refractivity contribution is 6.33. The topological polar surface area (TPSA) is 58.4 Å². The highest BCUT2D eigenvalue weighted by Crippen LogP contribution is 2.28. The lowest BCUT2D eigenvalue weighted by Crippen LogP contribution is -2.38. The van der Waals surface area contributed by atoms with Crippen molar-refractivity contribution in [3.8, 4) is 0 Å². The molecule has 0 aliphatic carbocycles. The molecule has 0 saturated carbocycles. The van der Waals surface area contributed by atoms with E-state index in [4.69, 9.17) is 17.3 Å². The van der Waals surface area contributed by atoms with E-state index < -0.39 is 0 Å². The van der Waals surface area contributed by atoms with E-state index in [9.17, 15) is 4.79 Å². The van der Waals surface area contributed by atoms with Gasteiger partial charge in [0.2, 0.25) is 5.91 Å². The Hall–Kier alpha value is -1.26. The Kier molecular flexibility index (Phi) is 6.99. The van der Waals surface area contributed by atoms with Gasteiger partial charge in [-0.3, -0.25) is 4.79 Å². The Balaban J connectivity index is 2.82. The zero-order chi connectivity index (χ0) is 16.0. The largest absolute Gasteiger partial charge is 0.368 e. The van der Waals surface area contributed by atoms with Crippen LogP contribution in [0.5, 0.6) is 0 Å². The summed E-state index contributed by atoms with van der Waals surface area (Å²) in [4.78, 5) is 13.1. The Morgan fingerprint density at radius 3 is 2.48 bits per heavy atom. The Morgan fingerprint density at radius 1 is 1.33 bits per heavy atom. The minimum Gasteiger partial charge on any atom is -0.368 e. The van der Waals surface area contributed by atoms with Crippen LogP contribution in [0.4, 0.5) is 5.69 Å². The van der Waals surface area contributed by atoms with E-state index in [0.717, 1.165) is 24.3 Å². The van der Waals surface area contributed by atoms with Crippen molar-refractivity contribution in [1.82, 2.24) is 5.32 Å². The molecule has 0 radical (unpaired) electrons. The van der Waals surface area contributed by atoms with Gasteiger partial charge in [0.25, 0.3) is 0 Å². The average molecular weight is 312 g/mol. The lowest BCUT2D eigenvalue weighted by molar-refractivity contribution is -0.116. The number of anilines is 1. The van der Waals surface area contributed by atoms with Crippen molar-refractivity contribution in [2.45, 2.75) is 40.3 Å². The number of nitrogens with two attached hydrogens (primary N) is 1. The van der Waals surface area contributed by atoms with Crippen LogP contribution in [0.25, 0.3) is 0 Å². The molecule has 1 amide bonds. The molecule has 0 spiro atoms. The third kappa shape index (κ3) is 5.94. The number of amides is 1. The summed E-state index contributed by atoms with van der Waals surface area (Å²) in [5.41, 5.74) is 7.29. The number of rotatable bonds is 8. The number of carbonyl (C=O) groups excluding carboxylic acids is 1. The third-order valence-corrected chi connectivity index (χ3v) is 3.46. The molecule has 118 valence electrons. The number of nitrogens with one attached hydrogen (secondary N) is 1. The molecule has 21 heavy (non-hydrogen) atoms. The molecule has 1 aromatic carbocycles. The number of hydrogen-bond donors (Lipinski definition) is 2. The molecule has 0 saturated heterocycles. The molecule has 1 rings (SSSR count). The maximum atomic E-state index is 11.2. The van der Waals surface area contributed by atoms with Gasteiger partial charge >= 0.3 is 0 Å². The molecule has 0 aliphatic heterocycles. The molecule has 0 bridgehead atoms. The summed E-state index contributed by atoms with van der Waals surface area (Å²) in [6.45, 7) is 10.3. The van der Waals surface area contributed by atoms with E-state index in [1.54, 1.807) is 0 Å². The summed E-state index contributed by atoms with van der Waals surface area (Å²) < 4.78 is 0. The van der Waals surface area contributed by atoms with Crippen molar-refractivity contribution in [3.63, 3.8) is 0 Å². The number of nitrogens with zero attached hydrogens (tertiary/aromatic N) is 1. The van der Waals surface area contributed by atoms with Gasteiger partial charge in [0.15, 0.2) is 0 Å². The maximum absolute atomic E-state index is 11.2. The molecule has 0 aromatic heterocycles. The zero-order valence-electron chi connectivity index (χ0n) is 13.3. The highest BCUT2D eigenvalue weighted by atomic mass is 35.5. The van der Waals surface area contributed by atoms with Gasteiger partial charge in [0.05, 0.1) is 17.3 Å². The standard InChI is InChI=1S/C16H26ClN3O/c1-11(2)8-19-9-13-5-6-15(14(17)7-13)20(12(3)4)10-16(18)21/h5-7,11-12,19H,8-10H2,1-4H3,(H2,18,21). The minimum atomic E-state index is -0.359. The van der Waals surface area contributed by atoms with Crippen molar-refractivity contribution >= 4 is 23.2 Å². The highest BCUT2D eigenvalue weighted by Gasteiger charge is 2.16. The lowest BCUT2D eigenvalue weighted by atomic mass is 10.1. The van der Waals surface area contributed by atoms with Crippen LogP contribution in [0.2, 0.25) is 5.02 Å². The monoisotopic (exact) mass is 311 g/mol. The van der Waals surface area contributed by atoms with Crippen LogP contribution in [-0.2, 0) is 11.3 Å². The summed E-state index contributed by atoms with van der Waals surface area (Å²) >= 11 is 6.37. The first-order valence-electron chi connectivity index (χ1n) is 7.35. The molecule has 0 aliphatic rings. The van der Waals surface area contributed by atoms with Gasteiger partial charge in [-0.05, 0) is 44.0 Å². The van der Waals surface area contributed by atoms with E-state index in [0.29, 0.717) is 10.9 Å². The smallest absolute Gasteiger partial charge is 0.236 e. The SMILES string of the molecule is CC(C)CNCc1ccc(N(CC(N)=O)C(C)C)c(Cl)c1. The molecular formula is C16H26ClN3O.